The number of aromatic nitrogens is 2. The number of benzene rings is 1. The van der Waals surface area contributed by atoms with Crippen LogP contribution in [0, 0.1) is 0 Å². The van der Waals surface area contributed by atoms with E-state index in [1.54, 1.807) is 0 Å². The Hall–Kier alpha value is -0.880. The Morgan fingerprint density at radius 1 is 1.33 bits per heavy atom. The second kappa shape index (κ2) is 5.84. The zero-order chi connectivity index (χ0) is 13.1. The van der Waals surface area contributed by atoms with Gasteiger partial charge < -0.3 is 9.26 Å². The molecule has 0 N–H and O–H groups in total. The van der Waals surface area contributed by atoms with Gasteiger partial charge in [0.05, 0.1) is 4.47 Å². The lowest BCUT2D eigenvalue weighted by Gasteiger charge is -2.05. The van der Waals surface area contributed by atoms with Crippen molar-refractivity contribution in [1.82, 2.24) is 10.1 Å². The highest BCUT2D eigenvalue weighted by molar-refractivity contribution is 9.11. The van der Waals surface area contributed by atoms with Gasteiger partial charge in [-0.2, -0.15) is 4.98 Å². The van der Waals surface area contributed by atoms with E-state index in [4.69, 9.17) is 9.26 Å². The molecule has 1 aromatic heterocycles. The number of ether oxygens (including phenoxy) is 1. The standard InChI is InChI=1S/C12H12Br2N2O2/c1-7(2)12-15-11(16-18-12)6-17-10-4-3-8(13)5-9(10)14/h3-5,7H,6H2,1-2H3. The van der Waals surface area contributed by atoms with Crippen molar-refractivity contribution in [2.75, 3.05) is 0 Å². The van der Waals surface area contributed by atoms with Gasteiger partial charge in [-0.05, 0) is 34.1 Å². The minimum absolute atomic E-state index is 0.227. The minimum Gasteiger partial charge on any atom is -0.484 e. The van der Waals surface area contributed by atoms with Crippen molar-refractivity contribution in [1.29, 1.82) is 0 Å². The van der Waals surface area contributed by atoms with Crippen molar-refractivity contribution in [2.45, 2.75) is 26.4 Å². The molecule has 0 aliphatic heterocycles. The van der Waals surface area contributed by atoms with Gasteiger partial charge in [0.2, 0.25) is 11.7 Å². The maximum atomic E-state index is 5.62. The van der Waals surface area contributed by atoms with Crippen molar-refractivity contribution in [3.63, 3.8) is 0 Å². The van der Waals surface area contributed by atoms with E-state index < -0.39 is 0 Å². The van der Waals surface area contributed by atoms with Gasteiger partial charge in [-0.15, -0.1) is 0 Å². The molecule has 0 aliphatic carbocycles. The first kappa shape index (κ1) is 13.5. The molecule has 0 atom stereocenters. The molecule has 0 fully saturated rings. The summed E-state index contributed by atoms with van der Waals surface area (Å²) < 4.78 is 12.6. The third-order valence-corrected chi connectivity index (χ3v) is 3.34. The molecule has 4 nitrogen and oxygen atoms in total. The van der Waals surface area contributed by atoms with Gasteiger partial charge in [0.25, 0.3) is 0 Å². The fraction of sp³-hybridized carbons (Fsp3) is 0.333. The molecule has 0 unspecified atom stereocenters. The molecule has 0 bridgehead atoms. The summed E-state index contributed by atoms with van der Waals surface area (Å²) in [5, 5.41) is 3.86. The van der Waals surface area contributed by atoms with Gasteiger partial charge in [-0.1, -0.05) is 34.9 Å². The third kappa shape index (κ3) is 3.32. The Bertz CT molecular complexity index is 541. The topological polar surface area (TPSA) is 48.2 Å². The molecule has 2 rings (SSSR count). The summed E-state index contributed by atoms with van der Waals surface area (Å²) in [6.07, 6.45) is 0. The Morgan fingerprint density at radius 3 is 2.72 bits per heavy atom. The predicted octanol–water partition coefficient (Wildman–Crippen LogP) is 4.30. The average molecular weight is 376 g/mol. The molecular weight excluding hydrogens is 364 g/mol. The normalized spacial score (nSPS) is 10.9. The van der Waals surface area contributed by atoms with Gasteiger partial charge >= 0.3 is 0 Å². The third-order valence-electron chi connectivity index (χ3n) is 2.23. The molecule has 1 aromatic carbocycles. The molecule has 0 amide bonds. The number of hydrogen-bond acceptors (Lipinski definition) is 4. The van der Waals surface area contributed by atoms with E-state index in [-0.39, 0.29) is 12.5 Å². The zero-order valence-electron chi connectivity index (χ0n) is 9.98. The Kier molecular flexibility index (Phi) is 4.40. The van der Waals surface area contributed by atoms with Crippen molar-refractivity contribution in [3.05, 3.63) is 38.9 Å². The molecule has 0 saturated heterocycles. The number of halogens is 2. The van der Waals surface area contributed by atoms with Crippen LogP contribution in [0.4, 0.5) is 0 Å². The maximum Gasteiger partial charge on any atom is 0.229 e. The van der Waals surface area contributed by atoms with Crippen molar-refractivity contribution >= 4 is 31.9 Å². The highest BCUT2D eigenvalue weighted by Crippen LogP contribution is 2.28. The SMILES string of the molecule is CC(C)c1nc(COc2ccc(Br)cc2Br)no1. The fourth-order valence-corrected chi connectivity index (χ4v) is 2.46. The predicted molar refractivity (Wildman–Crippen MR) is 74.6 cm³/mol. The maximum absolute atomic E-state index is 5.62. The summed E-state index contributed by atoms with van der Waals surface area (Å²) >= 11 is 6.82. The molecule has 0 aliphatic rings. The number of hydrogen-bond donors (Lipinski definition) is 0. The minimum atomic E-state index is 0.227. The monoisotopic (exact) mass is 374 g/mol. The summed E-state index contributed by atoms with van der Waals surface area (Å²) in [5.41, 5.74) is 0. The van der Waals surface area contributed by atoms with Crippen LogP contribution >= 0.6 is 31.9 Å². The van der Waals surface area contributed by atoms with Crippen molar-refractivity contribution < 1.29 is 9.26 Å². The summed E-state index contributed by atoms with van der Waals surface area (Å²) in [6.45, 7) is 4.30. The Balaban J connectivity index is 2.02. The summed E-state index contributed by atoms with van der Waals surface area (Å²) in [7, 11) is 0. The molecule has 0 radical (unpaired) electrons. The zero-order valence-corrected chi connectivity index (χ0v) is 13.2. The van der Waals surface area contributed by atoms with Crippen LogP contribution in [0.15, 0.2) is 31.7 Å². The van der Waals surface area contributed by atoms with Crippen molar-refractivity contribution in [3.8, 4) is 5.75 Å². The van der Waals surface area contributed by atoms with E-state index in [0.29, 0.717) is 11.7 Å². The van der Waals surface area contributed by atoms with Crippen molar-refractivity contribution in [2.24, 2.45) is 0 Å². The quantitative estimate of drug-likeness (QED) is 0.799. The lowest BCUT2D eigenvalue weighted by Crippen LogP contribution is -1.98. The molecule has 96 valence electrons. The first-order valence-electron chi connectivity index (χ1n) is 5.46. The largest absolute Gasteiger partial charge is 0.484 e. The second-order valence-corrected chi connectivity index (χ2v) is 5.84. The van der Waals surface area contributed by atoms with Crippen LogP contribution in [0.1, 0.15) is 31.5 Å². The second-order valence-electron chi connectivity index (χ2n) is 4.07. The smallest absolute Gasteiger partial charge is 0.229 e. The van der Waals surface area contributed by atoms with Gasteiger partial charge in [-0.3, -0.25) is 0 Å². The van der Waals surface area contributed by atoms with Gasteiger partial charge in [0.15, 0.2) is 6.61 Å². The Labute approximate surface area is 122 Å². The summed E-state index contributed by atoms with van der Waals surface area (Å²) in [6, 6.07) is 5.71. The van der Waals surface area contributed by atoms with Crippen LogP contribution in [-0.4, -0.2) is 10.1 Å². The fourth-order valence-electron chi connectivity index (χ4n) is 1.30. The highest BCUT2D eigenvalue weighted by Gasteiger charge is 2.10. The van der Waals surface area contributed by atoms with E-state index in [2.05, 4.69) is 42.0 Å². The first-order valence-corrected chi connectivity index (χ1v) is 7.05. The summed E-state index contributed by atoms with van der Waals surface area (Å²) in [4.78, 5) is 4.24. The van der Waals surface area contributed by atoms with E-state index in [0.717, 1.165) is 14.7 Å². The highest BCUT2D eigenvalue weighted by atomic mass is 79.9. The molecule has 0 saturated carbocycles. The number of nitrogens with zero attached hydrogens (tertiary/aromatic N) is 2. The van der Waals surface area contributed by atoms with Gasteiger partial charge in [-0.25, -0.2) is 0 Å². The molecular formula is C12H12Br2N2O2. The van der Waals surface area contributed by atoms with Crippen LogP contribution in [0.3, 0.4) is 0 Å². The lowest BCUT2D eigenvalue weighted by molar-refractivity contribution is 0.283. The van der Waals surface area contributed by atoms with Crippen LogP contribution in [0.2, 0.25) is 0 Å². The van der Waals surface area contributed by atoms with Gasteiger partial charge in [0, 0.05) is 10.4 Å². The van der Waals surface area contributed by atoms with E-state index in [1.165, 1.54) is 0 Å². The lowest BCUT2D eigenvalue weighted by atomic mass is 10.2. The molecule has 6 heteroatoms. The number of rotatable bonds is 4. The van der Waals surface area contributed by atoms with E-state index in [1.807, 2.05) is 32.0 Å². The van der Waals surface area contributed by atoms with Crippen LogP contribution in [-0.2, 0) is 6.61 Å². The van der Waals surface area contributed by atoms with Crippen LogP contribution in [0.5, 0.6) is 5.75 Å². The molecule has 0 spiro atoms. The van der Waals surface area contributed by atoms with Crippen LogP contribution < -0.4 is 4.74 Å². The average Bonchev–Trinajstić information content (AvgIpc) is 2.76. The Morgan fingerprint density at radius 2 is 2.11 bits per heavy atom. The van der Waals surface area contributed by atoms with E-state index in [9.17, 15) is 0 Å². The molecule has 1 heterocycles. The van der Waals surface area contributed by atoms with Crippen LogP contribution in [0.25, 0.3) is 0 Å². The summed E-state index contributed by atoms with van der Waals surface area (Å²) in [5.74, 6) is 2.15. The molecule has 18 heavy (non-hydrogen) atoms. The van der Waals surface area contributed by atoms with E-state index >= 15 is 0 Å². The molecule has 2 aromatic rings. The van der Waals surface area contributed by atoms with Gasteiger partial charge in [0.1, 0.15) is 5.75 Å². The first-order chi connectivity index (χ1) is 8.56.